The average molecular weight is 236 g/mol. The molecule has 0 spiro atoms. The van der Waals surface area contributed by atoms with E-state index in [0.717, 1.165) is 37.3 Å². The van der Waals surface area contributed by atoms with Gasteiger partial charge in [-0.15, -0.1) is 0 Å². The Hall–Kier alpha value is -1.13. The third kappa shape index (κ3) is 2.93. The fourth-order valence-corrected chi connectivity index (χ4v) is 1.96. The Kier molecular flexibility index (Phi) is 3.74. The fraction of sp³-hybridized carbons (Fsp3) is 0.417. The SMILES string of the molecule is NC(=S)c1ccc(NC2CCCOC2)cc1. The summed E-state index contributed by atoms with van der Waals surface area (Å²) in [6, 6.07) is 8.30. The molecule has 3 nitrogen and oxygen atoms in total. The molecule has 86 valence electrons. The lowest BCUT2D eigenvalue weighted by Gasteiger charge is -2.24. The van der Waals surface area contributed by atoms with Gasteiger partial charge in [0.2, 0.25) is 0 Å². The molecule has 1 aromatic rings. The van der Waals surface area contributed by atoms with Gasteiger partial charge in [0.25, 0.3) is 0 Å². The van der Waals surface area contributed by atoms with Crippen LogP contribution in [0.3, 0.4) is 0 Å². The van der Waals surface area contributed by atoms with Gasteiger partial charge < -0.3 is 15.8 Å². The Morgan fingerprint density at radius 1 is 1.38 bits per heavy atom. The topological polar surface area (TPSA) is 47.3 Å². The molecule has 0 aromatic heterocycles. The number of rotatable bonds is 3. The van der Waals surface area contributed by atoms with E-state index in [1.54, 1.807) is 0 Å². The average Bonchev–Trinajstić information content (AvgIpc) is 2.31. The number of benzene rings is 1. The highest BCUT2D eigenvalue weighted by molar-refractivity contribution is 7.80. The van der Waals surface area contributed by atoms with E-state index in [-0.39, 0.29) is 0 Å². The van der Waals surface area contributed by atoms with Gasteiger partial charge in [-0.05, 0) is 37.1 Å². The molecule has 1 fully saturated rings. The standard InChI is InChI=1S/C12H16N2OS/c13-12(16)9-3-5-10(6-4-9)14-11-2-1-7-15-8-11/h3-6,11,14H,1-2,7-8H2,(H2,13,16). The molecule has 16 heavy (non-hydrogen) atoms. The third-order valence-corrected chi connectivity index (χ3v) is 2.94. The highest BCUT2D eigenvalue weighted by Crippen LogP contribution is 2.15. The molecule has 0 bridgehead atoms. The van der Waals surface area contributed by atoms with Crippen molar-refractivity contribution in [2.24, 2.45) is 5.73 Å². The van der Waals surface area contributed by atoms with Crippen molar-refractivity contribution >= 4 is 22.9 Å². The highest BCUT2D eigenvalue weighted by Gasteiger charge is 2.13. The summed E-state index contributed by atoms with van der Waals surface area (Å²) in [5.41, 5.74) is 7.54. The van der Waals surface area contributed by atoms with Crippen LogP contribution in [0.2, 0.25) is 0 Å². The fourth-order valence-electron chi connectivity index (χ4n) is 1.82. The first-order valence-electron chi connectivity index (χ1n) is 5.50. The largest absolute Gasteiger partial charge is 0.389 e. The maximum Gasteiger partial charge on any atom is 0.103 e. The predicted molar refractivity (Wildman–Crippen MR) is 69.8 cm³/mol. The molecule has 1 heterocycles. The molecule has 0 saturated carbocycles. The van der Waals surface area contributed by atoms with Gasteiger partial charge in [-0.25, -0.2) is 0 Å². The van der Waals surface area contributed by atoms with Crippen molar-refractivity contribution in [3.63, 3.8) is 0 Å². The van der Waals surface area contributed by atoms with Gasteiger partial charge in [-0.3, -0.25) is 0 Å². The van der Waals surface area contributed by atoms with Crippen LogP contribution in [0, 0.1) is 0 Å². The van der Waals surface area contributed by atoms with E-state index >= 15 is 0 Å². The van der Waals surface area contributed by atoms with Gasteiger partial charge in [0, 0.05) is 23.9 Å². The Morgan fingerprint density at radius 3 is 2.69 bits per heavy atom. The molecular formula is C12H16N2OS. The molecule has 1 aliphatic heterocycles. The van der Waals surface area contributed by atoms with Gasteiger partial charge in [0.15, 0.2) is 0 Å². The van der Waals surface area contributed by atoms with Crippen LogP contribution in [-0.4, -0.2) is 24.2 Å². The van der Waals surface area contributed by atoms with Crippen LogP contribution in [0.25, 0.3) is 0 Å². The Morgan fingerprint density at radius 2 is 2.12 bits per heavy atom. The third-order valence-electron chi connectivity index (χ3n) is 2.70. The zero-order valence-corrected chi connectivity index (χ0v) is 9.93. The second-order valence-electron chi connectivity index (χ2n) is 4.00. The number of nitrogens with two attached hydrogens (primary N) is 1. The molecule has 1 atom stereocenters. The summed E-state index contributed by atoms with van der Waals surface area (Å²) in [6.45, 7) is 1.68. The number of thiocarbonyl (C=S) groups is 1. The smallest absolute Gasteiger partial charge is 0.103 e. The first kappa shape index (κ1) is 11.4. The molecule has 2 rings (SSSR count). The van der Waals surface area contributed by atoms with Crippen molar-refractivity contribution in [1.82, 2.24) is 0 Å². The van der Waals surface area contributed by atoms with Gasteiger partial charge >= 0.3 is 0 Å². The minimum absolute atomic E-state index is 0.421. The van der Waals surface area contributed by atoms with Gasteiger partial charge in [-0.1, -0.05) is 12.2 Å². The molecular weight excluding hydrogens is 220 g/mol. The molecule has 0 aliphatic carbocycles. The van der Waals surface area contributed by atoms with Crippen molar-refractivity contribution < 1.29 is 4.74 Å². The van der Waals surface area contributed by atoms with Gasteiger partial charge in [0.1, 0.15) is 4.99 Å². The van der Waals surface area contributed by atoms with E-state index < -0.39 is 0 Å². The molecule has 1 unspecified atom stereocenters. The highest BCUT2D eigenvalue weighted by atomic mass is 32.1. The van der Waals surface area contributed by atoms with Crippen LogP contribution in [0.5, 0.6) is 0 Å². The van der Waals surface area contributed by atoms with Crippen LogP contribution in [-0.2, 0) is 4.74 Å². The van der Waals surface area contributed by atoms with Crippen molar-refractivity contribution in [3.05, 3.63) is 29.8 Å². The summed E-state index contributed by atoms with van der Waals surface area (Å²) in [4.78, 5) is 0.438. The summed E-state index contributed by atoms with van der Waals surface area (Å²) >= 11 is 4.90. The Labute approximate surface area is 101 Å². The predicted octanol–water partition coefficient (Wildman–Crippen LogP) is 1.91. The quantitative estimate of drug-likeness (QED) is 0.787. The summed E-state index contributed by atoms with van der Waals surface area (Å²) in [7, 11) is 0. The zero-order chi connectivity index (χ0) is 11.4. The first-order chi connectivity index (χ1) is 7.75. The minimum atomic E-state index is 0.421. The minimum Gasteiger partial charge on any atom is -0.389 e. The Balaban J connectivity index is 1.96. The monoisotopic (exact) mass is 236 g/mol. The summed E-state index contributed by atoms with van der Waals surface area (Å²) < 4.78 is 5.41. The van der Waals surface area contributed by atoms with E-state index in [1.165, 1.54) is 0 Å². The molecule has 3 N–H and O–H groups in total. The zero-order valence-electron chi connectivity index (χ0n) is 9.11. The number of ether oxygens (including phenoxy) is 1. The van der Waals surface area contributed by atoms with E-state index in [1.807, 2.05) is 24.3 Å². The Bertz CT molecular complexity index is 358. The van der Waals surface area contributed by atoms with Crippen LogP contribution >= 0.6 is 12.2 Å². The lowest BCUT2D eigenvalue weighted by Crippen LogP contribution is -2.29. The number of hydrogen-bond donors (Lipinski definition) is 2. The number of anilines is 1. The van der Waals surface area contributed by atoms with E-state index in [9.17, 15) is 0 Å². The molecule has 1 saturated heterocycles. The van der Waals surface area contributed by atoms with Crippen LogP contribution in [0.15, 0.2) is 24.3 Å². The molecule has 1 aliphatic rings. The maximum atomic E-state index is 5.54. The second kappa shape index (κ2) is 5.27. The maximum absolute atomic E-state index is 5.54. The summed E-state index contributed by atoms with van der Waals surface area (Å²) in [5, 5.41) is 3.44. The molecule has 4 heteroatoms. The molecule has 1 aromatic carbocycles. The first-order valence-corrected chi connectivity index (χ1v) is 5.90. The lowest BCUT2D eigenvalue weighted by atomic mass is 10.1. The van der Waals surface area contributed by atoms with Crippen molar-refractivity contribution in [2.75, 3.05) is 18.5 Å². The van der Waals surface area contributed by atoms with Crippen LogP contribution < -0.4 is 11.1 Å². The number of nitrogens with one attached hydrogen (secondary N) is 1. The van der Waals surface area contributed by atoms with E-state index in [4.69, 9.17) is 22.7 Å². The van der Waals surface area contributed by atoms with Gasteiger partial charge in [-0.2, -0.15) is 0 Å². The summed E-state index contributed by atoms with van der Waals surface area (Å²) in [5.74, 6) is 0. The molecule has 0 amide bonds. The van der Waals surface area contributed by atoms with Crippen molar-refractivity contribution in [3.8, 4) is 0 Å². The van der Waals surface area contributed by atoms with Crippen molar-refractivity contribution in [2.45, 2.75) is 18.9 Å². The number of hydrogen-bond acceptors (Lipinski definition) is 3. The van der Waals surface area contributed by atoms with Crippen molar-refractivity contribution in [1.29, 1.82) is 0 Å². The van der Waals surface area contributed by atoms with E-state index in [0.29, 0.717) is 11.0 Å². The van der Waals surface area contributed by atoms with E-state index in [2.05, 4.69) is 5.32 Å². The second-order valence-corrected chi connectivity index (χ2v) is 4.44. The lowest BCUT2D eigenvalue weighted by molar-refractivity contribution is 0.0876. The van der Waals surface area contributed by atoms with Gasteiger partial charge in [0.05, 0.1) is 6.61 Å². The normalized spacial score (nSPS) is 20.4. The van der Waals surface area contributed by atoms with Crippen LogP contribution in [0.1, 0.15) is 18.4 Å². The van der Waals surface area contributed by atoms with Crippen LogP contribution in [0.4, 0.5) is 5.69 Å². The molecule has 0 radical (unpaired) electrons. The summed E-state index contributed by atoms with van der Waals surface area (Å²) in [6.07, 6.45) is 2.29.